The van der Waals surface area contributed by atoms with Gasteiger partial charge in [-0.25, -0.2) is 0 Å². The van der Waals surface area contributed by atoms with Gasteiger partial charge in [-0.3, -0.25) is 0 Å². The van der Waals surface area contributed by atoms with E-state index in [-0.39, 0.29) is 11.1 Å². The maximum atomic E-state index is 9.24. The van der Waals surface area contributed by atoms with Crippen molar-refractivity contribution in [2.45, 2.75) is 9.79 Å². The number of nitriles is 2. The summed E-state index contributed by atoms with van der Waals surface area (Å²) in [7, 11) is 0. The third kappa shape index (κ3) is 1.74. The van der Waals surface area contributed by atoms with Gasteiger partial charge in [-0.15, -0.1) is 25.3 Å². The fraction of sp³-hybridized carbons (Fsp3) is 0. The van der Waals surface area contributed by atoms with Crippen LogP contribution in [0, 0.1) is 22.7 Å². The van der Waals surface area contributed by atoms with E-state index in [1.54, 1.807) is 0 Å². The number of fused-ring (bicyclic) bond motifs is 2. The molecule has 0 saturated carbocycles. The molecule has 0 heterocycles. The van der Waals surface area contributed by atoms with Gasteiger partial charge in [0.1, 0.15) is 12.1 Å². The second-order valence-electron chi connectivity index (χ2n) is 4.42. The maximum absolute atomic E-state index is 9.24. The molecule has 0 N–H and O–H groups in total. The fourth-order valence-electron chi connectivity index (χ4n) is 2.36. The highest BCUT2D eigenvalue weighted by Gasteiger charge is 2.16. The molecule has 0 aliphatic carbocycles. The first-order valence-corrected chi connectivity index (χ1v) is 6.77. The number of hydrogen-bond acceptors (Lipinski definition) is 4. The minimum atomic E-state index is 0.281. The summed E-state index contributed by atoms with van der Waals surface area (Å²) in [6, 6.07) is 16.0. The molecule has 0 aliphatic rings. The number of hydrogen-bond donors (Lipinski definition) is 2. The van der Waals surface area contributed by atoms with Gasteiger partial charge in [0, 0.05) is 9.79 Å². The Bertz CT molecular complexity index is 869. The molecule has 0 bridgehead atoms. The molecule has 3 rings (SSSR count). The first kappa shape index (κ1) is 12.9. The van der Waals surface area contributed by atoms with Gasteiger partial charge < -0.3 is 0 Å². The SMILES string of the molecule is N#Cc1c(C#N)c(S)c2cc3ccccc3cc2c1S. The van der Waals surface area contributed by atoms with Crippen LogP contribution < -0.4 is 0 Å². The molecule has 0 spiro atoms. The van der Waals surface area contributed by atoms with E-state index < -0.39 is 0 Å². The largest absolute Gasteiger partial charge is 0.192 e. The second kappa shape index (κ2) is 4.76. The lowest BCUT2D eigenvalue weighted by Crippen LogP contribution is -1.92. The van der Waals surface area contributed by atoms with Crippen LogP contribution in [-0.4, -0.2) is 0 Å². The molecule has 4 heteroatoms. The van der Waals surface area contributed by atoms with E-state index in [4.69, 9.17) is 0 Å². The van der Waals surface area contributed by atoms with Crippen molar-refractivity contribution in [1.82, 2.24) is 0 Å². The summed E-state index contributed by atoms with van der Waals surface area (Å²) in [6.07, 6.45) is 0. The van der Waals surface area contributed by atoms with Gasteiger partial charge in [0.25, 0.3) is 0 Å². The quantitative estimate of drug-likeness (QED) is 0.479. The van der Waals surface area contributed by atoms with E-state index in [1.165, 1.54) is 0 Å². The molecule has 94 valence electrons. The molecule has 0 aliphatic heterocycles. The monoisotopic (exact) mass is 292 g/mol. The zero-order valence-corrected chi connectivity index (χ0v) is 12.0. The van der Waals surface area contributed by atoms with E-state index in [0.717, 1.165) is 21.5 Å². The molecule has 20 heavy (non-hydrogen) atoms. The maximum Gasteiger partial charge on any atom is 0.102 e. The Labute approximate surface area is 127 Å². The molecule has 0 fully saturated rings. The standard InChI is InChI=1S/C16H8N2S2/c17-7-13-14(8-18)16(20)12-6-10-4-2-1-3-9(10)5-11(12)15(13)19/h1-6,19-20H. The Morgan fingerprint density at radius 3 is 1.50 bits per heavy atom. The van der Waals surface area contributed by atoms with Crippen molar-refractivity contribution >= 4 is 46.8 Å². The van der Waals surface area contributed by atoms with E-state index in [2.05, 4.69) is 25.3 Å². The van der Waals surface area contributed by atoms with E-state index >= 15 is 0 Å². The van der Waals surface area contributed by atoms with Crippen LogP contribution in [-0.2, 0) is 0 Å². The lowest BCUT2D eigenvalue weighted by molar-refractivity contribution is 1.32. The summed E-state index contributed by atoms with van der Waals surface area (Å²) >= 11 is 8.87. The number of benzene rings is 3. The smallest absolute Gasteiger partial charge is 0.102 e. The molecule has 0 amide bonds. The third-order valence-electron chi connectivity index (χ3n) is 3.34. The first-order valence-electron chi connectivity index (χ1n) is 5.88. The Morgan fingerprint density at radius 2 is 1.15 bits per heavy atom. The lowest BCUT2D eigenvalue weighted by Gasteiger charge is -2.11. The van der Waals surface area contributed by atoms with Gasteiger partial charge in [-0.2, -0.15) is 10.5 Å². The van der Waals surface area contributed by atoms with Gasteiger partial charge in [-0.05, 0) is 33.7 Å². The first-order chi connectivity index (χ1) is 9.67. The average Bonchev–Trinajstić information content (AvgIpc) is 2.49. The number of nitrogens with zero attached hydrogens (tertiary/aromatic N) is 2. The molecular weight excluding hydrogens is 284 g/mol. The Hall–Kier alpha value is -2.14. The van der Waals surface area contributed by atoms with Crippen molar-refractivity contribution in [3.8, 4) is 12.1 Å². The molecule has 0 saturated heterocycles. The fourth-order valence-corrected chi connectivity index (χ4v) is 3.05. The summed E-state index contributed by atoms with van der Waals surface area (Å²) < 4.78 is 0. The summed E-state index contributed by atoms with van der Waals surface area (Å²) in [5, 5.41) is 22.3. The van der Waals surface area contributed by atoms with Crippen molar-refractivity contribution in [3.63, 3.8) is 0 Å². The topological polar surface area (TPSA) is 47.6 Å². The Morgan fingerprint density at radius 1 is 0.750 bits per heavy atom. The van der Waals surface area contributed by atoms with Gasteiger partial charge in [0.2, 0.25) is 0 Å². The van der Waals surface area contributed by atoms with Crippen LogP contribution in [0.2, 0.25) is 0 Å². The van der Waals surface area contributed by atoms with E-state index in [1.807, 2.05) is 48.5 Å². The van der Waals surface area contributed by atoms with Crippen molar-refractivity contribution < 1.29 is 0 Å². The van der Waals surface area contributed by atoms with Crippen LogP contribution >= 0.6 is 25.3 Å². The summed E-state index contributed by atoms with van der Waals surface area (Å²) in [4.78, 5) is 1.06. The van der Waals surface area contributed by atoms with Gasteiger partial charge in [0.05, 0.1) is 11.1 Å². The minimum Gasteiger partial charge on any atom is -0.192 e. The van der Waals surface area contributed by atoms with Gasteiger partial charge in [-0.1, -0.05) is 24.3 Å². The van der Waals surface area contributed by atoms with Crippen molar-refractivity contribution in [1.29, 1.82) is 10.5 Å². The van der Waals surface area contributed by atoms with Gasteiger partial charge in [0.15, 0.2) is 0 Å². The average molecular weight is 292 g/mol. The highest BCUT2D eigenvalue weighted by Crippen LogP contribution is 2.36. The summed E-state index contributed by atoms with van der Waals surface area (Å²) in [5.41, 5.74) is 0.562. The second-order valence-corrected chi connectivity index (χ2v) is 5.31. The van der Waals surface area contributed by atoms with Crippen LogP contribution in [0.3, 0.4) is 0 Å². The number of rotatable bonds is 0. The highest BCUT2D eigenvalue weighted by molar-refractivity contribution is 7.81. The van der Waals surface area contributed by atoms with E-state index in [0.29, 0.717) is 9.79 Å². The van der Waals surface area contributed by atoms with Gasteiger partial charge >= 0.3 is 0 Å². The van der Waals surface area contributed by atoms with Crippen LogP contribution in [0.5, 0.6) is 0 Å². The lowest BCUT2D eigenvalue weighted by atomic mass is 9.98. The molecule has 0 unspecified atom stereocenters. The van der Waals surface area contributed by atoms with Crippen LogP contribution in [0.15, 0.2) is 46.2 Å². The van der Waals surface area contributed by atoms with Crippen LogP contribution in [0.1, 0.15) is 11.1 Å². The van der Waals surface area contributed by atoms with Crippen LogP contribution in [0.25, 0.3) is 21.5 Å². The predicted molar refractivity (Wildman–Crippen MR) is 85.4 cm³/mol. The van der Waals surface area contributed by atoms with Crippen molar-refractivity contribution in [3.05, 3.63) is 47.5 Å². The predicted octanol–water partition coefficient (Wildman–Crippen LogP) is 4.31. The van der Waals surface area contributed by atoms with E-state index in [9.17, 15) is 10.5 Å². The Balaban J connectivity index is 2.60. The highest BCUT2D eigenvalue weighted by atomic mass is 32.1. The molecule has 0 atom stereocenters. The molecule has 0 radical (unpaired) electrons. The molecule has 3 aromatic carbocycles. The van der Waals surface area contributed by atoms with Crippen molar-refractivity contribution in [2.24, 2.45) is 0 Å². The zero-order chi connectivity index (χ0) is 14.3. The molecule has 2 nitrogen and oxygen atoms in total. The summed E-state index contributed by atoms with van der Waals surface area (Å²) in [5.74, 6) is 0. The normalized spacial score (nSPS) is 10.4. The molecular formula is C16H8N2S2. The molecule has 3 aromatic rings. The summed E-state index contributed by atoms with van der Waals surface area (Å²) in [6.45, 7) is 0. The Kier molecular flexibility index (Phi) is 3.06. The molecule has 0 aromatic heterocycles. The van der Waals surface area contributed by atoms with Crippen LogP contribution in [0.4, 0.5) is 0 Å². The van der Waals surface area contributed by atoms with Crippen molar-refractivity contribution in [2.75, 3.05) is 0 Å². The minimum absolute atomic E-state index is 0.281. The number of thiol groups is 2. The zero-order valence-electron chi connectivity index (χ0n) is 10.3. The third-order valence-corrected chi connectivity index (χ3v) is 4.27.